The van der Waals surface area contributed by atoms with Crippen LogP contribution >= 0.6 is 0 Å². The maximum atomic E-state index is 12.1. The van der Waals surface area contributed by atoms with Crippen molar-refractivity contribution in [1.29, 1.82) is 0 Å². The zero-order valence-corrected chi connectivity index (χ0v) is 14.6. The Morgan fingerprint density at radius 1 is 1.32 bits per heavy atom. The van der Waals surface area contributed by atoms with E-state index in [-0.39, 0.29) is 5.91 Å². The molecule has 6 heteroatoms. The summed E-state index contributed by atoms with van der Waals surface area (Å²) in [6.07, 6.45) is 8.64. The maximum Gasteiger partial charge on any atom is 0.244 e. The summed E-state index contributed by atoms with van der Waals surface area (Å²) in [6, 6.07) is 5.54. The monoisotopic (exact) mass is 341 g/mol. The molecule has 0 unspecified atom stereocenters. The van der Waals surface area contributed by atoms with Gasteiger partial charge in [-0.2, -0.15) is 0 Å². The molecule has 2 heterocycles. The zero-order chi connectivity index (χ0) is 17.6. The summed E-state index contributed by atoms with van der Waals surface area (Å²) in [4.78, 5) is 16.7. The Balaban J connectivity index is 1.61. The molecular weight excluding hydrogens is 318 g/mol. The summed E-state index contributed by atoms with van der Waals surface area (Å²) in [5.41, 5.74) is 1.69. The molecule has 25 heavy (non-hydrogen) atoms. The molecule has 1 amide bonds. The SMILES string of the molecule is COc1cccc(/C=C\C(=O)NCc2cn3c(n2)CCCC3)c1OC. The number of carbonyl (C=O) groups excluding carboxylic acids is 1. The van der Waals surface area contributed by atoms with Crippen LogP contribution in [0.15, 0.2) is 30.5 Å². The first-order valence-electron chi connectivity index (χ1n) is 8.43. The van der Waals surface area contributed by atoms with Gasteiger partial charge in [0.25, 0.3) is 0 Å². The highest BCUT2D eigenvalue weighted by Crippen LogP contribution is 2.31. The van der Waals surface area contributed by atoms with Crippen molar-refractivity contribution >= 4 is 12.0 Å². The molecule has 0 aliphatic carbocycles. The van der Waals surface area contributed by atoms with Gasteiger partial charge in [-0.05, 0) is 25.0 Å². The molecule has 0 bridgehead atoms. The topological polar surface area (TPSA) is 65.4 Å². The van der Waals surface area contributed by atoms with Gasteiger partial charge in [-0.1, -0.05) is 12.1 Å². The molecule has 0 spiro atoms. The quantitative estimate of drug-likeness (QED) is 0.820. The molecule has 2 aromatic rings. The van der Waals surface area contributed by atoms with Crippen LogP contribution in [0.3, 0.4) is 0 Å². The van der Waals surface area contributed by atoms with Gasteiger partial charge in [0.2, 0.25) is 5.91 Å². The maximum absolute atomic E-state index is 12.1. The minimum atomic E-state index is -0.171. The van der Waals surface area contributed by atoms with Crippen LogP contribution in [0.4, 0.5) is 0 Å². The van der Waals surface area contributed by atoms with Crippen LogP contribution in [0, 0.1) is 0 Å². The van der Waals surface area contributed by atoms with E-state index in [0.717, 1.165) is 30.0 Å². The number of aryl methyl sites for hydroxylation is 2. The Morgan fingerprint density at radius 3 is 2.96 bits per heavy atom. The number of nitrogens with zero attached hydrogens (tertiary/aromatic N) is 2. The minimum absolute atomic E-state index is 0.171. The number of fused-ring (bicyclic) bond motifs is 1. The molecule has 3 rings (SSSR count). The van der Waals surface area contributed by atoms with Crippen molar-refractivity contribution in [1.82, 2.24) is 14.9 Å². The van der Waals surface area contributed by atoms with E-state index in [0.29, 0.717) is 18.0 Å². The number of amides is 1. The summed E-state index contributed by atoms with van der Waals surface area (Å²) in [5, 5.41) is 2.87. The van der Waals surface area contributed by atoms with E-state index < -0.39 is 0 Å². The highest BCUT2D eigenvalue weighted by molar-refractivity contribution is 5.92. The van der Waals surface area contributed by atoms with Crippen LogP contribution in [0.25, 0.3) is 6.08 Å². The number of hydrogen-bond acceptors (Lipinski definition) is 4. The highest BCUT2D eigenvalue weighted by Gasteiger charge is 2.12. The van der Waals surface area contributed by atoms with E-state index in [1.165, 1.54) is 18.9 Å². The Kier molecular flexibility index (Phi) is 5.38. The van der Waals surface area contributed by atoms with E-state index >= 15 is 0 Å². The number of carbonyl (C=O) groups is 1. The molecule has 0 saturated heterocycles. The number of benzene rings is 1. The lowest BCUT2D eigenvalue weighted by Crippen LogP contribution is -2.20. The number of aromatic nitrogens is 2. The predicted octanol–water partition coefficient (Wildman–Crippen LogP) is 2.57. The lowest BCUT2D eigenvalue weighted by atomic mass is 10.1. The van der Waals surface area contributed by atoms with E-state index in [1.54, 1.807) is 20.3 Å². The smallest absolute Gasteiger partial charge is 0.244 e. The van der Waals surface area contributed by atoms with Gasteiger partial charge in [-0.15, -0.1) is 0 Å². The van der Waals surface area contributed by atoms with Gasteiger partial charge in [-0.25, -0.2) is 4.98 Å². The summed E-state index contributed by atoms with van der Waals surface area (Å²) >= 11 is 0. The Bertz CT molecular complexity index is 757. The Morgan fingerprint density at radius 2 is 2.20 bits per heavy atom. The van der Waals surface area contributed by atoms with Gasteiger partial charge in [0.15, 0.2) is 11.5 Å². The number of methoxy groups -OCH3 is 2. The third-order valence-corrected chi connectivity index (χ3v) is 4.25. The highest BCUT2D eigenvalue weighted by atomic mass is 16.5. The normalized spacial score (nSPS) is 13.5. The lowest BCUT2D eigenvalue weighted by molar-refractivity contribution is -0.116. The average Bonchev–Trinajstić information content (AvgIpc) is 3.07. The second-order valence-corrected chi connectivity index (χ2v) is 5.93. The van der Waals surface area contributed by atoms with Crippen molar-refractivity contribution in [2.24, 2.45) is 0 Å². The van der Waals surface area contributed by atoms with Crippen molar-refractivity contribution in [3.63, 3.8) is 0 Å². The standard InChI is InChI=1S/C19H23N3O3/c1-24-16-7-5-6-14(19(16)25-2)9-10-18(23)20-12-15-13-22-11-4-3-8-17(22)21-15/h5-7,9-10,13H,3-4,8,11-12H2,1-2H3,(H,20,23)/b10-9-. The van der Waals surface area contributed by atoms with E-state index in [9.17, 15) is 4.79 Å². The molecular formula is C19H23N3O3. The van der Waals surface area contributed by atoms with Crippen LogP contribution in [-0.2, 0) is 24.3 Å². The molecule has 1 aromatic heterocycles. The van der Waals surface area contributed by atoms with Gasteiger partial charge in [-0.3, -0.25) is 4.79 Å². The van der Waals surface area contributed by atoms with Crippen molar-refractivity contribution in [2.75, 3.05) is 14.2 Å². The molecule has 1 aliphatic rings. The second-order valence-electron chi connectivity index (χ2n) is 5.93. The Labute approximate surface area is 147 Å². The fourth-order valence-corrected chi connectivity index (χ4v) is 3.00. The molecule has 0 radical (unpaired) electrons. The molecule has 132 valence electrons. The van der Waals surface area contributed by atoms with Gasteiger partial charge in [0.1, 0.15) is 5.82 Å². The Hall–Kier alpha value is -2.76. The number of ether oxygens (including phenoxy) is 2. The third-order valence-electron chi connectivity index (χ3n) is 4.25. The summed E-state index contributed by atoms with van der Waals surface area (Å²) < 4.78 is 12.8. The molecule has 1 N–H and O–H groups in total. The molecule has 0 fully saturated rings. The number of hydrogen-bond donors (Lipinski definition) is 1. The van der Waals surface area contributed by atoms with Crippen LogP contribution in [0.1, 0.15) is 29.9 Å². The average molecular weight is 341 g/mol. The van der Waals surface area contributed by atoms with Gasteiger partial charge in [0.05, 0.1) is 26.5 Å². The van der Waals surface area contributed by atoms with Crippen molar-refractivity contribution in [3.8, 4) is 11.5 Å². The minimum Gasteiger partial charge on any atom is -0.493 e. The number of para-hydroxylation sites is 1. The number of nitrogens with one attached hydrogen (secondary N) is 1. The fraction of sp³-hybridized carbons (Fsp3) is 0.368. The second kappa shape index (κ2) is 7.88. The zero-order valence-electron chi connectivity index (χ0n) is 14.6. The summed E-state index contributed by atoms with van der Waals surface area (Å²) in [5.74, 6) is 2.19. The number of rotatable bonds is 6. The van der Waals surface area contributed by atoms with Gasteiger partial charge < -0.3 is 19.4 Å². The molecule has 0 atom stereocenters. The third kappa shape index (κ3) is 4.02. The van der Waals surface area contributed by atoms with Crippen molar-refractivity contribution < 1.29 is 14.3 Å². The molecule has 1 aromatic carbocycles. The first-order valence-corrected chi connectivity index (χ1v) is 8.43. The van der Waals surface area contributed by atoms with Crippen molar-refractivity contribution in [2.45, 2.75) is 32.4 Å². The summed E-state index contributed by atoms with van der Waals surface area (Å²) in [6.45, 7) is 1.45. The molecule has 6 nitrogen and oxygen atoms in total. The molecule has 0 saturated carbocycles. The largest absolute Gasteiger partial charge is 0.493 e. The van der Waals surface area contributed by atoms with Crippen molar-refractivity contribution in [3.05, 3.63) is 47.6 Å². The van der Waals surface area contributed by atoms with E-state index in [1.807, 2.05) is 24.4 Å². The van der Waals surface area contributed by atoms with Crippen LogP contribution < -0.4 is 14.8 Å². The fourth-order valence-electron chi connectivity index (χ4n) is 3.00. The first-order chi connectivity index (χ1) is 12.2. The van der Waals surface area contributed by atoms with Crippen LogP contribution in [-0.4, -0.2) is 29.7 Å². The lowest BCUT2D eigenvalue weighted by Gasteiger charge is -2.11. The van der Waals surface area contributed by atoms with E-state index in [2.05, 4.69) is 14.9 Å². The van der Waals surface area contributed by atoms with Gasteiger partial charge >= 0.3 is 0 Å². The number of imidazole rings is 1. The predicted molar refractivity (Wildman–Crippen MR) is 95.6 cm³/mol. The van der Waals surface area contributed by atoms with Crippen LogP contribution in [0.5, 0.6) is 11.5 Å². The summed E-state index contributed by atoms with van der Waals surface area (Å²) in [7, 11) is 3.16. The van der Waals surface area contributed by atoms with Gasteiger partial charge in [0, 0.05) is 30.8 Å². The van der Waals surface area contributed by atoms with Crippen LogP contribution in [0.2, 0.25) is 0 Å². The molecule has 1 aliphatic heterocycles. The first kappa shape index (κ1) is 17.1. The van der Waals surface area contributed by atoms with E-state index in [4.69, 9.17) is 9.47 Å².